The fraction of sp³-hybridized carbons (Fsp3) is 0.688. The normalized spacial score (nSPS) is 19.1. The molecule has 0 saturated heterocycles. The average Bonchev–Trinajstić information content (AvgIpc) is 2.38. The van der Waals surface area contributed by atoms with Gasteiger partial charge < -0.3 is 10.2 Å². The maximum Gasteiger partial charge on any atom is 0.141 e. The molecule has 1 fully saturated rings. The van der Waals surface area contributed by atoms with E-state index >= 15 is 0 Å². The molecule has 0 unspecified atom stereocenters. The monoisotopic (exact) mass is 279 g/mol. The molecule has 1 aliphatic carbocycles. The first-order valence-corrected chi connectivity index (χ1v) is 7.45. The first-order chi connectivity index (χ1) is 9.43. The van der Waals surface area contributed by atoms with Gasteiger partial charge in [-0.05, 0) is 44.2 Å². The number of hydrogen-bond donors (Lipinski definition) is 1. The number of nitrogens with zero attached hydrogens (tertiary/aromatic N) is 2. The van der Waals surface area contributed by atoms with Gasteiger partial charge in [-0.3, -0.25) is 0 Å². The van der Waals surface area contributed by atoms with Crippen molar-refractivity contribution in [1.29, 1.82) is 0 Å². The highest BCUT2D eigenvalue weighted by atomic mass is 19.1. The number of rotatable bonds is 4. The van der Waals surface area contributed by atoms with E-state index in [1.165, 1.54) is 31.9 Å². The van der Waals surface area contributed by atoms with Crippen LogP contribution in [-0.2, 0) is 6.54 Å². The van der Waals surface area contributed by atoms with E-state index in [4.69, 9.17) is 0 Å². The third kappa shape index (κ3) is 3.48. The molecule has 0 spiro atoms. The third-order valence-corrected chi connectivity index (χ3v) is 4.47. The van der Waals surface area contributed by atoms with Gasteiger partial charge in [-0.1, -0.05) is 13.8 Å². The average molecular weight is 279 g/mol. The maximum atomic E-state index is 13.4. The summed E-state index contributed by atoms with van der Waals surface area (Å²) >= 11 is 0. The molecule has 1 N–H and O–H groups in total. The topological polar surface area (TPSA) is 28.2 Å². The molecule has 1 aromatic heterocycles. The van der Waals surface area contributed by atoms with E-state index in [0.29, 0.717) is 18.0 Å². The van der Waals surface area contributed by atoms with E-state index in [2.05, 4.69) is 36.1 Å². The van der Waals surface area contributed by atoms with Gasteiger partial charge in [0.15, 0.2) is 0 Å². The molecule has 0 radical (unpaired) electrons. The largest absolute Gasteiger partial charge is 0.356 e. The molecule has 1 aromatic rings. The molecule has 0 amide bonds. The van der Waals surface area contributed by atoms with Gasteiger partial charge in [-0.2, -0.15) is 0 Å². The molecule has 20 heavy (non-hydrogen) atoms. The molecule has 0 aromatic carbocycles. The standard InChI is InChI=1S/C16H26FN3/c1-16(2)7-5-14(6-8-16)20(4)15-12(10-18-3)9-13(17)11-19-15/h9,11,14,18H,5-8,10H2,1-4H3. The SMILES string of the molecule is CNCc1cc(F)cnc1N(C)C1CCC(C)(C)CC1. The van der Waals surface area contributed by atoms with E-state index in [9.17, 15) is 4.39 Å². The van der Waals surface area contributed by atoms with Crippen molar-refractivity contribution < 1.29 is 4.39 Å². The Morgan fingerprint density at radius 2 is 2.05 bits per heavy atom. The van der Waals surface area contributed by atoms with Gasteiger partial charge in [-0.25, -0.2) is 9.37 Å². The summed E-state index contributed by atoms with van der Waals surface area (Å²) in [5.41, 5.74) is 1.39. The number of aromatic nitrogens is 1. The smallest absolute Gasteiger partial charge is 0.141 e. The van der Waals surface area contributed by atoms with Crippen molar-refractivity contribution in [1.82, 2.24) is 10.3 Å². The molecule has 4 heteroatoms. The molecule has 0 atom stereocenters. The molecule has 2 rings (SSSR count). The second-order valence-electron chi connectivity index (χ2n) is 6.67. The van der Waals surface area contributed by atoms with Crippen LogP contribution in [0.15, 0.2) is 12.3 Å². The summed E-state index contributed by atoms with van der Waals surface area (Å²) in [6.45, 7) is 5.32. The Labute approximate surface area is 121 Å². The lowest BCUT2D eigenvalue weighted by molar-refractivity contribution is 0.222. The van der Waals surface area contributed by atoms with Crippen LogP contribution in [0.2, 0.25) is 0 Å². The summed E-state index contributed by atoms with van der Waals surface area (Å²) in [5, 5.41) is 3.09. The number of pyridine rings is 1. The summed E-state index contributed by atoms with van der Waals surface area (Å²) in [4.78, 5) is 6.56. The Hall–Kier alpha value is -1.16. The molecule has 0 aliphatic heterocycles. The van der Waals surface area contributed by atoms with Crippen LogP contribution in [0, 0.1) is 11.2 Å². The van der Waals surface area contributed by atoms with Crippen molar-refractivity contribution >= 4 is 5.82 Å². The Balaban J connectivity index is 2.14. The summed E-state index contributed by atoms with van der Waals surface area (Å²) in [6.07, 6.45) is 6.16. The molecule has 112 valence electrons. The Morgan fingerprint density at radius 1 is 1.40 bits per heavy atom. The number of halogens is 1. The summed E-state index contributed by atoms with van der Waals surface area (Å²) in [6, 6.07) is 2.10. The highest BCUT2D eigenvalue weighted by Gasteiger charge is 2.29. The minimum atomic E-state index is -0.267. The van der Waals surface area contributed by atoms with Crippen LogP contribution in [0.3, 0.4) is 0 Å². The lowest BCUT2D eigenvalue weighted by Crippen LogP contribution is -2.38. The van der Waals surface area contributed by atoms with Crippen molar-refractivity contribution in [3.63, 3.8) is 0 Å². The van der Waals surface area contributed by atoms with Gasteiger partial charge in [0.05, 0.1) is 6.20 Å². The number of nitrogens with one attached hydrogen (secondary N) is 1. The van der Waals surface area contributed by atoms with Gasteiger partial charge in [-0.15, -0.1) is 0 Å². The number of hydrogen-bond acceptors (Lipinski definition) is 3. The van der Waals surface area contributed by atoms with Crippen molar-refractivity contribution in [3.8, 4) is 0 Å². The summed E-state index contributed by atoms with van der Waals surface area (Å²) < 4.78 is 13.4. The van der Waals surface area contributed by atoms with Gasteiger partial charge >= 0.3 is 0 Å². The van der Waals surface area contributed by atoms with E-state index in [1.807, 2.05) is 7.05 Å². The van der Waals surface area contributed by atoms with Crippen LogP contribution >= 0.6 is 0 Å². The quantitative estimate of drug-likeness (QED) is 0.916. The zero-order chi connectivity index (χ0) is 14.8. The second kappa shape index (κ2) is 6.08. The summed E-state index contributed by atoms with van der Waals surface area (Å²) in [7, 11) is 3.96. The lowest BCUT2D eigenvalue weighted by atomic mass is 9.75. The summed E-state index contributed by atoms with van der Waals surface area (Å²) in [5.74, 6) is 0.641. The van der Waals surface area contributed by atoms with Crippen LogP contribution in [0.5, 0.6) is 0 Å². The highest BCUT2D eigenvalue weighted by Crippen LogP contribution is 2.37. The van der Waals surface area contributed by atoms with E-state index in [0.717, 1.165) is 11.4 Å². The minimum absolute atomic E-state index is 0.267. The predicted octanol–water partition coefficient (Wildman–Crippen LogP) is 3.35. The van der Waals surface area contributed by atoms with Crippen molar-refractivity contribution in [2.45, 2.75) is 52.1 Å². The minimum Gasteiger partial charge on any atom is -0.356 e. The van der Waals surface area contributed by atoms with Crippen molar-refractivity contribution in [2.75, 3.05) is 19.0 Å². The molecule has 3 nitrogen and oxygen atoms in total. The molecule has 1 heterocycles. The fourth-order valence-corrected chi connectivity index (χ4v) is 3.06. The fourth-order valence-electron chi connectivity index (χ4n) is 3.06. The van der Waals surface area contributed by atoms with Crippen molar-refractivity contribution in [2.24, 2.45) is 5.41 Å². The van der Waals surface area contributed by atoms with Crippen LogP contribution in [-0.4, -0.2) is 25.1 Å². The molecular weight excluding hydrogens is 253 g/mol. The van der Waals surface area contributed by atoms with Crippen LogP contribution in [0.4, 0.5) is 10.2 Å². The lowest BCUT2D eigenvalue weighted by Gasteiger charge is -2.39. The zero-order valence-corrected chi connectivity index (χ0v) is 13.0. The van der Waals surface area contributed by atoms with Crippen LogP contribution in [0.1, 0.15) is 45.1 Å². The van der Waals surface area contributed by atoms with E-state index in [1.54, 1.807) is 6.07 Å². The first kappa shape index (κ1) is 15.2. The van der Waals surface area contributed by atoms with E-state index in [-0.39, 0.29) is 5.82 Å². The Morgan fingerprint density at radius 3 is 2.65 bits per heavy atom. The Kier molecular flexibility index (Phi) is 4.63. The van der Waals surface area contributed by atoms with E-state index < -0.39 is 0 Å². The van der Waals surface area contributed by atoms with Crippen LogP contribution in [0.25, 0.3) is 0 Å². The molecular formula is C16H26FN3. The van der Waals surface area contributed by atoms with Gasteiger partial charge in [0.2, 0.25) is 0 Å². The second-order valence-corrected chi connectivity index (χ2v) is 6.67. The third-order valence-electron chi connectivity index (χ3n) is 4.47. The number of anilines is 1. The van der Waals surface area contributed by atoms with Crippen molar-refractivity contribution in [3.05, 3.63) is 23.6 Å². The molecule has 1 saturated carbocycles. The van der Waals surface area contributed by atoms with Crippen LogP contribution < -0.4 is 10.2 Å². The van der Waals surface area contributed by atoms with Gasteiger partial charge in [0.25, 0.3) is 0 Å². The van der Waals surface area contributed by atoms with Gasteiger partial charge in [0.1, 0.15) is 11.6 Å². The molecule has 0 bridgehead atoms. The highest BCUT2D eigenvalue weighted by molar-refractivity contribution is 5.47. The molecule has 1 aliphatic rings. The van der Waals surface area contributed by atoms with Gasteiger partial charge in [0, 0.05) is 25.2 Å². The first-order valence-electron chi connectivity index (χ1n) is 7.45. The zero-order valence-electron chi connectivity index (χ0n) is 13.0. The maximum absolute atomic E-state index is 13.4. The Bertz CT molecular complexity index is 449. The predicted molar refractivity (Wildman–Crippen MR) is 81.4 cm³/mol.